The Morgan fingerprint density at radius 3 is 2.34 bits per heavy atom. The second-order valence-electron chi connectivity index (χ2n) is 10.2. The lowest BCUT2D eigenvalue weighted by Crippen LogP contribution is -2.47. The first-order valence-corrected chi connectivity index (χ1v) is 13.6. The zero-order valence-electron chi connectivity index (χ0n) is 22.1. The maximum Gasteiger partial charge on any atom is 0.141 e. The molecule has 32 heavy (non-hydrogen) atoms. The Balaban J connectivity index is 3.22. The summed E-state index contributed by atoms with van der Waals surface area (Å²) in [6, 6.07) is 0. The molecule has 1 fully saturated rings. The van der Waals surface area contributed by atoms with Crippen molar-refractivity contribution in [2.45, 2.75) is 124 Å². The number of nitrogens with one attached hydrogen (secondary N) is 1. The summed E-state index contributed by atoms with van der Waals surface area (Å²) in [5.74, 6) is 2.41. The van der Waals surface area contributed by atoms with Crippen LogP contribution < -0.4 is 5.32 Å². The van der Waals surface area contributed by atoms with Crippen LogP contribution in [-0.4, -0.2) is 29.9 Å². The summed E-state index contributed by atoms with van der Waals surface area (Å²) in [7, 11) is 0. The molecule has 0 spiro atoms. The molecule has 1 saturated carbocycles. The lowest BCUT2D eigenvalue weighted by atomic mass is 9.75. The van der Waals surface area contributed by atoms with Gasteiger partial charge in [0.15, 0.2) is 0 Å². The van der Waals surface area contributed by atoms with Crippen LogP contribution in [0, 0.1) is 29.6 Å². The average molecular weight is 454 g/mol. The molecule has 0 heterocycles. The lowest BCUT2D eigenvalue weighted by Gasteiger charge is -2.37. The molecule has 0 bridgehead atoms. The fourth-order valence-corrected chi connectivity index (χ4v) is 6.40. The van der Waals surface area contributed by atoms with E-state index in [0.29, 0.717) is 49.1 Å². The van der Waals surface area contributed by atoms with Crippen molar-refractivity contribution in [2.75, 3.05) is 13.2 Å². The van der Waals surface area contributed by atoms with Crippen LogP contribution in [0.2, 0.25) is 0 Å². The third-order valence-corrected chi connectivity index (χ3v) is 8.32. The second-order valence-corrected chi connectivity index (χ2v) is 10.2. The zero-order valence-corrected chi connectivity index (χ0v) is 22.1. The molecule has 0 aromatic rings. The molecule has 1 N–H and O–H groups in total. The number of halogens is 1. The lowest BCUT2D eigenvalue weighted by molar-refractivity contribution is 0.0600. The number of azide groups is 1. The highest BCUT2D eigenvalue weighted by Crippen LogP contribution is 2.63. The van der Waals surface area contributed by atoms with Crippen molar-refractivity contribution in [1.82, 2.24) is 10.3 Å². The summed E-state index contributed by atoms with van der Waals surface area (Å²) in [5, 5.41) is 9.74. The van der Waals surface area contributed by atoms with E-state index in [9.17, 15) is 9.92 Å². The highest BCUT2D eigenvalue weighted by Gasteiger charge is 2.71. The summed E-state index contributed by atoms with van der Waals surface area (Å²) in [4.78, 5) is 3.25. The molecule has 0 amide bonds. The normalized spacial score (nSPS) is 26.1. The van der Waals surface area contributed by atoms with Gasteiger partial charge >= 0.3 is 0 Å². The van der Waals surface area contributed by atoms with Gasteiger partial charge in [-0.15, -0.1) is 5.53 Å². The van der Waals surface area contributed by atoms with Gasteiger partial charge in [0.05, 0.1) is 0 Å². The van der Waals surface area contributed by atoms with E-state index in [1.807, 2.05) is 6.92 Å². The van der Waals surface area contributed by atoms with Gasteiger partial charge in [0.2, 0.25) is 0 Å². The van der Waals surface area contributed by atoms with Gasteiger partial charge in [-0.05, 0) is 55.7 Å². The topological polar surface area (TPSA) is 64.0 Å². The van der Waals surface area contributed by atoms with Gasteiger partial charge in [-0.3, -0.25) is 5.32 Å². The molecule has 5 nitrogen and oxygen atoms in total. The third kappa shape index (κ3) is 7.25. The summed E-state index contributed by atoms with van der Waals surface area (Å²) < 4.78 is 14.3. The van der Waals surface area contributed by atoms with Gasteiger partial charge in [0.1, 0.15) is 18.4 Å². The molecule has 0 aliphatic heterocycles. The van der Waals surface area contributed by atoms with E-state index < -0.39 is 6.17 Å². The van der Waals surface area contributed by atoms with Gasteiger partial charge in [-0.1, -0.05) is 80.6 Å². The van der Waals surface area contributed by atoms with E-state index in [4.69, 9.17) is 0 Å². The molecular formula is C26H52FN5. The monoisotopic (exact) mass is 453 g/mol. The number of nitrogens with zero attached hydrogens (tertiary/aromatic N) is 4. The Hall–Kier alpha value is -1.00. The fourth-order valence-electron chi connectivity index (χ4n) is 6.40. The molecule has 1 aliphatic carbocycles. The molecule has 0 aromatic carbocycles. The smallest absolute Gasteiger partial charge is 0.141 e. The van der Waals surface area contributed by atoms with E-state index in [2.05, 4.69) is 62.0 Å². The van der Waals surface area contributed by atoms with Crippen LogP contribution in [0.1, 0.15) is 113 Å². The number of alkyl halides is 1. The van der Waals surface area contributed by atoms with Gasteiger partial charge in [0, 0.05) is 17.8 Å². The minimum absolute atomic E-state index is 0.0788. The number of unbranched alkanes of at least 4 members (excludes halogenated alkanes) is 2. The average Bonchev–Trinajstić information content (AvgIpc) is 3.38. The maximum atomic E-state index is 14.3. The van der Waals surface area contributed by atoms with Crippen molar-refractivity contribution < 1.29 is 4.39 Å². The van der Waals surface area contributed by atoms with Crippen LogP contribution in [0.15, 0.2) is 5.22 Å². The highest BCUT2D eigenvalue weighted by molar-refractivity contribution is 5.19. The Kier molecular flexibility index (Phi) is 13.6. The van der Waals surface area contributed by atoms with Crippen molar-refractivity contribution >= 4 is 0 Å². The minimum Gasteiger partial charge on any atom is -0.282 e. The van der Waals surface area contributed by atoms with E-state index in [0.717, 1.165) is 32.2 Å². The maximum absolute atomic E-state index is 14.3. The van der Waals surface area contributed by atoms with Gasteiger partial charge in [0.25, 0.3) is 0 Å². The van der Waals surface area contributed by atoms with Gasteiger partial charge in [-0.25, -0.2) is 9.40 Å². The summed E-state index contributed by atoms with van der Waals surface area (Å²) in [5.41, 5.74) is 9.33. The quantitative estimate of drug-likeness (QED) is 0.0534. The minimum atomic E-state index is -0.698. The molecule has 7 unspecified atom stereocenters. The summed E-state index contributed by atoms with van der Waals surface area (Å²) >= 11 is 0. The Morgan fingerprint density at radius 2 is 1.81 bits per heavy atom. The van der Waals surface area contributed by atoms with Crippen LogP contribution in [0.4, 0.5) is 4.39 Å². The number of hydrogen-bond acceptors (Lipinski definition) is 2. The van der Waals surface area contributed by atoms with Crippen LogP contribution in [0.5, 0.6) is 0 Å². The second kappa shape index (κ2) is 15.0. The molecule has 6 heteroatoms. The Bertz CT molecular complexity index is 552. The zero-order chi connectivity index (χ0) is 24.1. The van der Waals surface area contributed by atoms with E-state index in [1.54, 1.807) is 0 Å². The number of rotatable bonds is 19. The predicted molar refractivity (Wildman–Crippen MR) is 135 cm³/mol. The fraction of sp³-hybridized carbons (Fsp3) is 1.00. The van der Waals surface area contributed by atoms with Crippen LogP contribution in [0.25, 0.3) is 10.4 Å². The van der Waals surface area contributed by atoms with Gasteiger partial charge in [-0.2, -0.15) is 4.91 Å². The summed E-state index contributed by atoms with van der Waals surface area (Å²) in [6.45, 7) is 16.9. The first-order chi connectivity index (χ1) is 15.4. The van der Waals surface area contributed by atoms with E-state index >= 15 is 0 Å². The van der Waals surface area contributed by atoms with Crippen molar-refractivity contribution in [1.29, 1.82) is 0 Å². The van der Waals surface area contributed by atoms with Crippen molar-refractivity contribution in [3.05, 3.63) is 10.4 Å². The standard InChI is InChI=1S/C26H52FN5/c1-8-13-14-16-25-21(7)26(25,32(31-30-28)19-29-12-5)23(15-9-2)17-20(6)22(10-3)18-24(27)11-4/h20-25,29H,8-19H2,1-7H3. The predicted octanol–water partition coefficient (Wildman–Crippen LogP) is 8.27. The molecule has 0 saturated heterocycles. The van der Waals surface area contributed by atoms with E-state index in [1.165, 1.54) is 25.7 Å². The van der Waals surface area contributed by atoms with Crippen molar-refractivity contribution in [3.63, 3.8) is 0 Å². The van der Waals surface area contributed by atoms with Crippen LogP contribution >= 0.6 is 0 Å². The first kappa shape index (κ1) is 29.0. The molecule has 1 aliphatic rings. The molecular weight excluding hydrogens is 401 g/mol. The van der Waals surface area contributed by atoms with Crippen molar-refractivity contribution in [3.8, 4) is 0 Å². The number of hydrogen-bond donors (Lipinski definition) is 1. The molecule has 1 rings (SSSR count). The Morgan fingerprint density at radius 1 is 1.09 bits per heavy atom. The summed E-state index contributed by atoms with van der Waals surface area (Å²) in [6.07, 6.45) is 9.87. The molecule has 0 aromatic heterocycles. The van der Waals surface area contributed by atoms with Crippen LogP contribution in [0.3, 0.4) is 0 Å². The van der Waals surface area contributed by atoms with E-state index in [-0.39, 0.29) is 5.54 Å². The molecule has 7 atom stereocenters. The highest BCUT2D eigenvalue weighted by atomic mass is 19.1. The van der Waals surface area contributed by atoms with Crippen molar-refractivity contribution in [2.24, 2.45) is 34.8 Å². The first-order valence-electron chi connectivity index (χ1n) is 13.6. The molecule has 188 valence electrons. The largest absolute Gasteiger partial charge is 0.282 e. The van der Waals surface area contributed by atoms with Gasteiger partial charge < -0.3 is 0 Å². The SMILES string of the molecule is CCCCCC1C(C)C1(C(CCC)CC(C)C(CC)CC(F)CC)N(CNCC)N=[N+]=[N-]. The van der Waals surface area contributed by atoms with Crippen LogP contribution in [-0.2, 0) is 0 Å². The molecule has 0 radical (unpaired) electrons. The third-order valence-electron chi connectivity index (χ3n) is 8.32. The Labute approximate surface area is 197 Å².